The summed E-state index contributed by atoms with van der Waals surface area (Å²) in [7, 11) is 0. The van der Waals surface area contributed by atoms with Crippen LogP contribution in [0.1, 0.15) is 68.5 Å². The van der Waals surface area contributed by atoms with Crippen molar-refractivity contribution in [3.8, 4) is 0 Å². The minimum atomic E-state index is 0.662. The molecule has 0 aromatic heterocycles. The van der Waals surface area contributed by atoms with E-state index in [1.165, 1.54) is 67.0 Å². The van der Waals surface area contributed by atoms with E-state index in [0.29, 0.717) is 13.2 Å². The van der Waals surface area contributed by atoms with Crippen LogP contribution < -0.4 is 9.80 Å². The molecular weight excluding hydrogens is 805 g/mol. The topological polar surface area (TPSA) is 24.9 Å². The van der Waals surface area contributed by atoms with Crippen molar-refractivity contribution in [1.29, 1.82) is 0 Å². The minimum absolute atomic E-state index is 0.662. The van der Waals surface area contributed by atoms with Gasteiger partial charge in [-0.1, -0.05) is 121 Å². The lowest BCUT2D eigenvalue weighted by atomic mass is 10.0. The van der Waals surface area contributed by atoms with Crippen LogP contribution in [0.25, 0.3) is 0 Å². The summed E-state index contributed by atoms with van der Waals surface area (Å²) >= 11 is 0. The van der Waals surface area contributed by atoms with Gasteiger partial charge in [0, 0.05) is 47.3 Å². The van der Waals surface area contributed by atoms with Gasteiger partial charge in [-0.15, -0.1) is 0 Å². The molecular formula is C62H64N2O2. The molecule has 0 bridgehead atoms. The Kier molecular flexibility index (Phi) is 15.9. The molecule has 0 unspecified atom stereocenters. The summed E-state index contributed by atoms with van der Waals surface area (Å²) in [6.45, 7) is 11.6. The highest BCUT2D eigenvalue weighted by Gasteiger charge is 2.16. The van der Waals surface area contributed by atoms with Crippen LogP contribution in [0.3, 0.4) is 0 Å². The van der Waals surface area contributed by atoms with E-state index in [1.807, 2.05) is 12.1 Å². The molecule has 0 N–H and O–H groups in total. The molecule has 0 spiro atoms. The highest BCUT2D eigenvalue weighted by atomic mass is 16.5. The van der Waals surface area contributed by atoms with Crippen molar-refractivity contribution in [2.45, 2.75) is 79.4 Å². The van der Waals surface area contributed by atoms with E-state index in [1.54, 1.807) is 0 Å². The van der Waals surface area contributed by atoms with Crippen LogP contribution in [0.4, 0.5) is 34.1 Å². The Morgan fingerprint density at radius 2 is 0.591 bits per heavy atom. The third-order valence-electron chi connectivity index (χ3n) is 12.7. The molecule has 0 aliphatic carbocycles. The number of anilines is 6. The Morgan fingerprint density at radius 1 is 0.288 bits per heavy atom. The first-order valence-corrected chi connectivity index (χ1v) is 23.7. The largest absolute Gasteiger partial charge is 0.377 e. The molecule has 0 fully saturated rings. The van der Waals surface area contributed by atoms with Gasteiger partial charge in [0.15, 0.2) is 0 Å². The maximum Gasteiger partial charge on any atom is 0.0716 e. The SMILES string of the molecule is Cc1ccc(N(c2ccc(CCCOCc3ccccc3)cc2)c2ccc(CCc3ccc(N(c4ccc(CCCOCc5ccccc5)cc4)c4ccc(C)c(C)c4)cc3)cc2)cc1C. The molecule has 8 aromatic carbocycles. The van der Waals surface area contributed by atoms with Crippen LogP contribution in [0.2, 0.25) is 0 Å². The third kappa shape index (κ3) is 12.5. The van der Waals surface area contributed by atoms with E-state index in [4.69, 9.17) is 9.47 Å². The van der Waals surface area contributed by atoms with Crippen molar-refractivity contribution in [3.63, 3.8) is 0 Å². The van der Waals surface area contributed by atoms with Gasteiger partial charge in [0.2, 0.25) is 0 Å². The lowest BCUT2D eigenvalue weighted by Crippen LogP contribution is -2.11. The van der Waals surface area contributed by atoms with E-state index in [0.717, 1.165) is 74.5 Å². The van der Waals surface area contributed by atoms with Gasteiger partial charge in [-0.05, 0) is 195 Å². The molecule has 334 valence electrons. The Bertz CT molecular complexity index is 2520. The molecule has 0 amide bonds. The minimum Gasteiger partial charge on any atom is -0.377 e. The second-order valence-electron chi connectivity index (χ2n) is 17.7. The number of rotatable bonds is 21. The molecule has 0 aliphatic heterocycles. The summed E-state index contributed by atoms with van der Waals surface area (Å²) in [4.78, 5) is 4.75. The maximum atomic E-state index is 5.95. The predicted molar refractivity (Wildman–Crippen MR) is 277 cm³/mol. The molecule has 4 heteroatoms. The van der Waals surface area contributed by atoms with Gasteiger partial charge in [0.25, 0.3) is 0 Å². The predicted octanol–water partition coefficient (Wildman–Crippen LogP) is 15.9. The van der Waals surface area contributed by atoms with Gasteiger partial charge in [0.1, 0.15) is 0 Å². The van der Waals surface area contributed by atoms with Gasteiger partial charge in [-0.3, -0.25) is 0 Å². The summed E-state index contributed by atoms with van der Waals surface area (Å²) in [5.74, 6) is 0. The standard InChI is InChI=1S/C62H64N2O2/c1-47-19-31-61(43-49(47)3)63(57-33-23-51(24-34-57)17-11-41-65-45-55-13-7-5-8-14-55)59-37-27-53(28-38-59)21-22-54-29-39-60(40-30-54)64(62-32-20-48(2)50(4)44-62)58-35-25-52(26-36-58)18-12-42-66-46-56-15-9-6-10-16-56/h5-10,13-16,19-20,23-40,43-44H,11-12,17-18,21-22,41-42,45-46H2,1-4H3. The van der Waals surface area contributed by atoms with Crippen LogP contribution >= 0.6 is 0 Å². The summed E-state index contributed by atoms with van der Waals surface area (Å²) < 4.78 is 11.9. The second kappa shape index (κ2) is 22.9. The smallest absolute Gasteiger partial charge is 0.0716 e. The van der Waals surface area contributed by atoms with E-state index in [2.05, 4.69) is 219 Å². The second-order valence-corrected chi connectivity index (χ2v) is 17.7. The molecule has 0 saturated heterocycles. The zero-order chi connectivity index (χ0) is 45.5. The summed E-state index contributed by atoms with van der Waals surface area (Å²) in [5, 5.41) is 0. The zero-order valence-corrected chi connectivity index (χ0v) is 39.3. The number of hydrogen-bond donors (Lipinski definition) is 0. The van der Waals surface area contributed by atoms with Crippen LogP contribution in [-0.2, 0) is 48.4 Å². The van der Waals surface area contributed by atoms with Crippen molar-refractivity contribution < 1.29 is 9.47 Å². The molecule has 0 heterocycles. The normalized spacial score (nSPS) is 11.2. The number of benzene rings is 8. The zero-order valence-electron chi connectivity index (χ0n) is 39.3. The van der Waals surface area contributed by atoms with E-state index < -0.39 is 0 Å². The van der Waals surface area contributed by atoms with Crippen molar-refractivity contribution in [2.24, 2.45) is 0 Å². The Balaban J connectivity index is 0.903. The van der Waals surface area contributed by atoms with Gasteiger partial charge in [-0.2, -0.15) is 0 Å². The Labute approximate surface area is 394 Å². The van der Waals surface area contributed by atoms with Crippen LogP contribution in [-0.4, -0.2) is 13.2 Å². The van der Waals surface area contributed by atoms with Crippen molar-refractivity contribution in [2.75, 3.05) is 23.0 Å². The Hall–Kier alpha value is -6.72. The monoisotopic (exact) mass is 868 g/mol. The first-order valence-electron chi connectivity index (χ1n) is 23.7. The number of hydrogen-bond acceptors (Lipinski definition) is 4. The molecule has 8 rings (SSSR count). The van der Waals surface area contributed by atoms with E-state index in [-0.39, 0.29) is 0 Å². The quantitative estimate of drug-likeness (QED) is 0.0672. The number of nitrogens with zero attached hydrogens (tertiary/aromatic N) is 2. The van der Waals surface area contributed by atoms with Gasteiger partial charge in [-0.25, -0.2) is 0 Å². The van der Waals surface area contributed by atoms with Gasteiger partial charge < -0.3 is 19.3 Å². The molecule has 0 aliphatic rings. The van der Waals surface area contributed by atoms with Crippen LogP contribution in [0, 0.1) is 27.7 Å². The number of ether oxygens (including phenoxy) is 2. The summed E-state index contributed by atoms with van der Waals surface area (Å²) in [6.07, 6.45) is 5.89. The Morgan fingerprint density at radius 3 is 0.909 bits per heavy atom. The van der Waals surface area contributed by atoms with E-state index in [9.17, 15) is 0 Å². The highest BCUT2D eigenvalue weighted by Crippen LogP contribution is 2.38. The van der Waals surface area contributed by atoms with E-state index >= 15 is 0 Å². The van der Waals surface area contributed by atoms with Gasteiger partial charge >= 0.3 is 0 Å². The van der Waals surface area contributed by atoms with Crippen molar-refractivity contribution >= 4 is 34.1 Å². The van der Waals surface area contributed by atoms with Crippen molar-refractivity contribution in [3.05, 3.63) is 250 Å². The molecule has 66 heavy (non-hydrogen) atoms. The average molecular weight is 869 g/mol. The lowest BCUT2D eigenvalue weighted by Gasteiger charge is -2.27. The molecule has 0 atom stereocenters. The van der Waals surface area contributed by atoms with Crippen LogP contribution in [0.15, 0.2) is 194 Å². The van der Waals surface area contributed by atoms with Crippen LogP contribution in [0.5, 0.6) is 0 Å². The highest BCUT2D eigenvalue weighted by molar-refractivity contribution is 5.78. The third-order valence-corrected chi connectivity index (χ3v) is 12.7. The molecule has 4 nitrogen and oxygen atoms in total. The molecule has 0 radical (unpaired) electrons. The first kappa shape index (κ1) is 45.8. The molecule has 0 saturated carbocycles. The summed E-state index contributed by atoms with van der Waals surface area (Å²) in [6, 6.07) is 70.7. The fourth-order valence-corrected chi connectivity index (χ4v) is 8.44. The maximum absolute atomic E-state index is 5.95. The molecule has 8 aromatic rings. The fraction of sp³-hybridized carbons (Fsp3) is 0.226. The summed E-state index contributed by atoms with van der Waals surface area (Å²) in [5.41, 5.74) is 19.8. The number of aryl methyl sites for hydroxylation is 8. The lowest BCUT2D eigenvalue weighted by molar-refractivity contribution is 0.118. The first-order chi connectivity index (χ1) is 32.4. The van der Waals surface area contributed by atoms with Crippen molar-refractivity contribution in [1.82, 2.24) is 0 Å². The average Bonchev–Trinajstić information content (AvgIpc) is 3.35. The van der Waals surface area contributed by atoms with Gasteiger partial charge in [0.05, 0.1) is 13.2 Å². The fourth-order valence-electron chi connectivity index (χ4n) is 8.44.